The molecular formula is C22H21F3N4O2S. The minimum atomic E-state index is -4.58. The van der Waals surface area contributed by atoms with Crippen LogP contribution in [0.3, 0.4) is 0 Å². The molecule has 2 aromatic carbocycles. The van der Waals surface area contributed by atoms with Gasteiger partial charge in [0, 0.05) is 19.3 Å². The van der Waals surface area contributed by atoms with Crippen molar-refractivity contribution in [1.29, 1.82) is 0 Å². The number of aryl methyl sites for hydroxylation is 1. The minimum absolute atomic E-state index is 0.0840. The van der Waals surface area contributed by atoms with Crippen LogP contribution in [0.2, 0.25) is 0 Å². The lowest BCUT2D eigenvalue weighted by Gasteiger charge is -2.15. The molecule has 3 aromatic rings. The number of carbonyl (C=O) groups excluding carboxylic acids is 2. The van der Waals surface area contributed by atoms with Crippen molar-refractivity contribution in [3.63, 3.8) is 0 Å². The normalized spacial score (nSPS) is 11.3. The quantitative estimate of drug-likeness (QED) is 0.494. The average molecular weight is 462 g/mol. The number of imidazole rings is 1. The Bertz CT molecular complexity index is 1160. The van der Waals surface area contributed by atoms with Gasteiger partial charge in [-0.2, -0.15) is 13.2 Å². The van der Waals surface area contributed by atoms with E-state index in [1.54, 1.807) is 12.4 Å². The van der Waals surface area contributed by atoms with Crippen molar-refractivity contribution in [2.24, 2.45) is 0 Å². The minimum Gasteiger partial charge on any atom is -0.325 e. The maximum absolute atomic E-state index is 13.1. The fourth-order valence-corrected chi connectivity index (χ4v) is 3.78. The highest BCUT2D eigenvalue weighted by Gasteiger charge is 2.31. The Morgan fingerprint density at radius 2 is 1.84 bits per heavy atom. The molecule has 0 saturated heterocycles. The summed E-state index contributed by atoms with van der Waals surface area (Å²) in [6.45, 7) is 5.22. The van der Waals surface area contributed by atoms with E-state index in [2.05, 4.69) is 15.6 Å². The van der Waals surface area contributed by atoms with Crippen molar-refractivity contribution in [1.82, 2.24) is 9.55 Å². The Kier molecular flexibility index (Phi) is 6.93. The van der Waals surface area contributed by atoms with Crippen LogP contribution in [-0.4, -0.2) is 27.1 Å². The highest BCUT2D eigenvalue weighted by Crippen LogP contribution is 2.34. The van der Waals surface area contributed by atoms with Gasteiger partial charge in [0.2, 0.25) is 11.8 Å². The zero-order chi connectivity index (χ0) is 23.5. The number of hydrogen-bond acceptors (Lipinski definition) is 4. The highest BCUT2D eigenvalue weighted by atomic mass is 32.2. The molecule has 0 fully saturated rings. The summed E-state index contributed by atoms with van der Waals surface area (Å²) in [7, 11) is 0. The standard InChI is InChI=1S/C22H21F3N4O2S/c1-13-5-4-6-19(14(13)2)29-10-9-26-21(29)32-12-20(31)28-18-11-16(22(23,24)25)7-8-17(18)27-15(3)30/h4-11H,12H2,1-3H3,(H,27,30)(H,28,31). The SMILES string of the molecule is CC(=O)Nc1ccc(C(F)(F)F)cc1NC(=O)CSc1nccn1-c1cccc(C)c1C. The summed E-state index contributed by atoms with van der Waals surface area (Å²) in [5.74, 6) is -1.08. The predicted octanol–water partition coefficient (Wildman–Crippen LogP) is 5.20. The fourth-order valence-electron chi connectivity index (χ4n) is 3.02. The zero-order valence-electron chi connectivity index (χ0n) is 17.6. The number of aromatic nitrogens is 2. The molecular weight excluding hydrogens is 441 g/mol. The van der Waals surface area contributed by atoms with Gasteiger partial charge in [-0.05, 0) is 49.2 Å². The molecule has 3 rings (SSSR count). The van der Waals surface area contributed by atoms with E-state index in [1.807, 2.05) is 36.6 Å². The summed E-state index contributed by atoms with van der Waals surface area (Å²) in [5.41, 5.74) is 2.14. The van der Waals surface area contributed by atoms with Gasteiger partial charge in [0.1, 0.15) is 0 Å². The number of halogens is 3. The summed E-state index contributed by atoms with van der Waals surface area (Å²) in [6.07, 6.45) is -1.19. The van der Waals surface area contributed by atoms with Crippen LogP contribution in [0.25, 0.3) is 5.69 Å². The van der Waals surface area contributed by atoms with Crippen LogP contribution >= 0.6 is 11.8 Å². The number of alkyl halides is 3. The smallest absolute Gasteiger partial charge is 0.325 e. The Morgan fingerprint density at radius 3 is 2.53 bits per heavy atom. The first-order valence-corrected chi connectivity index (χ1v) is 10.6. The zero-order valence-corrected chi connectivity index (χ0v) is 18.4. The molecule has 6 nitrogen and oxygen atoms in total. The van der Waals surface area contributed by atoms with Gasteiger partial charge >= 0.3 is 6.18 Å². The van der Waals surface area contributed by atoms with Gasteiger partial charge in [0.15, 0.2) is 5.16 Å². The molecule has 0 unspecified atom stereocenters. The van der Waals surface area contributed by atoms with Crippen molar-refractivity contribution < 1.29 is 22.8 Å². The maximum atomic E-state index is 13.1. The second-order valence-electron chi connectivity index (χ2n) is 7.08. The van der Waals surface area contributed by atoms with Gasteiger partial charge < -0.3 is 10.6 Å². The molecule has 0 aliphatic carbocycles. The number of carbonyl (C=O) groups is 2. The van der Waals surface area contributed by atoms with Crippen molar-refractivity contribution >= 4 is 35.0 Å². The van der Waals surface area contributed by atoms with E-state index in [1.165, 1.54) is 6.92 Å². The Balaban J connectivity index is 1.77. The Labute approximate surface area is 187 Å². The van der Waals surface area contributed by atoms with Crippen molar-refractivity contribution in [3.8, 4) is 5.69 Å². The molecule has 0 aliphatic rings. The van der Waals surface area contributed by atoms with Crippen LogP contribution < -0.4 is 10.6 Å². The summed E-state index contributed by atoms with van der Waals surface area (Å²) in [5, 5.41) is 5.45. The Morgan fingerprint density at radius 1 is 1.09 bits per heavy atom. The van der Waals surface area contributed by atoms with E-state index in [0.717, 1.165) is 46.8 Å². The molecule has 0 spiro atoms. The lowest BCUT2D eigenvalue weighted by atomic mass is 10.1. The Hall–Kier alpha value is -3.27. The van der Waals surface area contributed by atoms with Crippen LogP contribution in [-0.2, 0) is 15.8 Å². The maximum Gasteiger partial charge on any atom is 0.416 e. The van der Waals surface area contributed by atoms with E-state index >= 15 is 0 Å². The number of nitrogens with zero attached hydrogens (tertiary/aromatic N) is 2. The molecule has 0 bridgehead atoms. The molecule has 0 radical (unpaired) electrons. The third-order valence-electron chi connectivity index (χ3n) is 4.71. The summed E-state index contributed by atoms with van der Waals surface area (Å²) >= 11 is 1.15. The number of benzene rings is 2. The number of nitrogens with one attached hydrogen (secondary N) is 2. The lowest BCUT2D eigenvalue weighted by Crippen LogP contribution is -2.18. The number of hydrogen-bond donors (Lipinski definition) is 2. The van der Waals surface area contributed by atoms with E-state index < -0.39 is 23.6 Å². The highest BCUT2D eigenvalue weighted by molar-refractivity contribution is 7.99. The van der Waals surface area contributed by atoms with Crippen molar-refractivity contribution in [2.45, 2.75) is 32.1 Å². The fraction of sp³-hybridized carbons (Fsp3) is 0.227. The molecule has 0 atom stereocenters. The molecule has 0 aliphatic heterocycles. The van der Waals surface area contributed by atoms with Crippen LogP contribution in [0.4, 0.5) is 24.5 Å². The van der Waals surface area contributed by atoms with E-state index in [-0.39, 0.29) is 17.1 Å². The third-order valence-corrected chi connectivity index (χ3v) is 5.67. The van der Waals surface area contributed by atoms with Crippen molar-refractivity contribution in [2.75, 3.05) is 16.4 Å². The van der Waals surface area contributed by atoms with Gasteiger partial charge in [0.25, 0.3) is 0 Å². The molecule has 0 saturated carbocycles. The average Bonchev–Trinajstić information content (AvgIpc) is 3.17. The molecule has 2 N–H and O–H groups in total. The largest absolute Gasteiger partial charge is 0.416 e. The van der Waals surface area contributed by atoms with E-state index in [9.17, 15) is 22.8 Å². The van der Waals surface area contributed by atoms with Gasteiger partial charge in [-0.25, -0.2) is 4.98 Å². The van der Waals surface area contributed by atoms with Gasteiger partial charge in [-0.3, -0.25) is 14.2 Å². The predicted molar refractivity (Wildman–Crippen MR) is 118 cm³/mol. The van der Waals surface area contributed by atoms with E-state index in [4.69, 9.17) is 0 Å². The van der Waals surface area contributed by atoms with Crippen LogP contribution in [0.15, 0.2) is 53.9 Å². The first-order valence-electron chi connectivity index (χ1n) is 9.57. The monoisotopic (exact) mass is 462 g/mol. The second-order valence-corrected chi connectivity index (χ2v) is 8.02. The first kappa shape index (κ1) is 23.4. The topological polar surface area (TPSA) is 76.0 Å². The molecule has 1 aromatic heterocycles. The molecule has 168 valence electrons. The molecule has 2 amide bonds. The summed E-state index contributed by atoms with van der Waals surface area (Å²) < 4.78 is 41.1. The van der Waals surface area contributed by atoms with Crippen LogP contribution in [0, 0.1) is 13.8 Å². The van der Waals surface area contributed by atoms with Crippen LogP contribution in [0.1, 0.15) is 23.6 Å². The molecule has 32 heavy (non-hydrogen) atoms. The molecule has 10 heteroatoms. The summed E-state index contributed by atoms with van der Waals surface area (Å²) in [6, 6.07) is 8.62. The number of anilines is 2. The second kappa shape index (κ2) is 9.47. The number of amides is 2. The van der Waals surface area contributed by atoms with Gasteiger partial charge in [-0.15, -0.1) is 0 Å². The first-order chi connectivity index (χ1) is 15.1. The van der Waals surface area contributed by atoms with E-state index in [0.29, 0.717) is 5.16 Å². The van der Waals surface area contributed by atoms with Gasteiger partial charge in [0.05, 0.1) is 28.4 Å². The van der Waals surface area contributed by atoms with Gasteiger partial charge in [-0.1, -0.05) is 23.9 Å². The third kappa shape index (κ3) is 5.50. The van der Waals surface area contributed by atoms with Crippen LogP contribution in [0.5, 0.6) is 0 Å². The number of rotatable bonds is 6. The van der Waals surface area contributed by atoms with Crippen molar-refractivity contribution in [3.05, 3.63) is 65.5 Å². The molecule has 1 heterocycles. The summed E-state index contributed by atoms with van der Waals surface area (Å²) in [4.78, 5) is 28.2. The number of thioether (sulfide) groups is 1. The lowest BCUT2D eigenvalue weighted by molar-refractivity contribution is -0.137.